The Morgan fingerprint density at radius 2 is 2.15 bits per heavy atom. The molecular formula is C12H15N4O3Y-. The number of aliphatic hydroxyl groups excluding tert-OH is 2. The van der Waals surface area contributed by atoms with E-state index in [-0.39, 0.29) is 45.5 Å². The molecule has 1 radical (unpaired) electrons. The largest absolute Gasteiger partial charge is 0.394 e. The molecule has 0 aliphatic carbocycles. The smallest absolute Gasteiger partial charge is 0.129 e. The van der Waals surface area contributed by atoms with E-state index in [0.717, 1.165) is 11.5 Å². The molecule has 105 valence electrons. The van der Waals surface area contributed by atoms with E-state index in [4.69, 9.17) is 9.84 Å². The van der Waals surface area contributed by atoms with Crippen LogP contribution in [0.1, 0.15) is 24.2 Å². The van der Waals surface area contributed by atoms with E-state index in [9.17, 15) is 5.11 Å². The molecule has 3 heterocycles. The number of aliphatic hydroxyl groups is 2. The Bertz CT molecular complexity index is 618. The van der Waals surface area contributed by atoms with Crippen LogP contribution in [0.4, 0.5) is 0 Å². The summed E-state index contributed by atoms with van der Waals surface area (Å²) in [5.41, 5.74) is 2.10. The first kappa shape index (κ1) is 15.9. The summed E-state index contributed by atoms with van der Waals surface area (Å²) in [4.78, 5) is 12.5. The van der Waals surface area contributed by atoms with Gasteiger partial charge in [-0.05, 0) is 12.6 Å². The molecule has 0 bridgehead atoms. The number of rotatable bonds is 2. The number of aryl methyl sites for hydroxylation is 2. The number of hydrogen-bond donors (Lipinski definition) is 2. The van der Waals surface area contributed by atoms with Crippen molar-refractivity contribution in [3.63, 3.8) is 0 Å². The van der Waals surface area contributed by atoms with Crippen molar-refractivity contribution in [2.75, 3.05) is 6.61 Å². The van der Waals surface area contributed by atoms with Crippen molar-refractivity contribution in [1.29, 1.82) is 0 Å². The Kier molecular flexibility index (Phi) is 4.86. The topological polar surface area (TPSA) is 93.3 Å². The fourth-order valence-electron chi connectivity index (χ4n) is 2.46. The molecule has 0 aromatic carbocycles. The van der Waals surface area contributed by atoms with Crippen molar-refractivity contribution in [1.82, 2.24) is 19.5 Å². The predicted molar refractivity (Wildman–Crippen MR) is 65.3 cm³/mol. The zero-order valence-corrected chi connectivity index (χ0v) is 14.2. The van der Waals surface area contributed by atoms with Gasteiger partial charge in [-0.3, -0.25) is 4.98 Å². The molecule has 1 fully saturated rings. The van der Waals surface area contributed by atoms with E-state index in [1.54, 1.807) is 0 Å². The van der Waals surface area contributed by atoms with Crippen molar-refractivity contribution in [2.24, 2.45) is 0 Å². The molecule has 2 aromatic rings. The molecule has 0 spiro atoms. The van der Waals surface area contributed by atoms with E-state index in [2.05, 4.69) is 21.3 Å². The number of fused-ring (bicyclic) bond motifs is 1. The number of imidazole rings is 1. The second-order valence-electron chi connectivity index (χ2n) is 4.73. The maximum atomic E-state index is 9.82. The molecule has 2 aromatic heterocycles. The van der Waals surface area contributed by atoms with Gasteiger partial charge in [0.15, 0.2) is 0 Å². The van der Waals surface area contributed by atoms with Crippen LogP contribution in [0.5, 0.6) is 0 Å². The quantitative estimate of drug-likeness (QED) is 0.733. The third-order valence-corrected chi connectivity index (χ3v) is 3.45. The normalized spacial score (nSPS) is 25.9. The van der Waals surface area contributed by atoms with Crippen LogP contribution in [0.25, 0.3) is 11.2 Å². The van der Waals surface area contributed by atoms with Crippen LogP contribution in [0, 0.1) is 20.2 Å². The van der Waals surface area contributed by atoms with Crippen LogP contribution in [0.15, 0.2) is 0 Å². The van der Waals surface area contributed by atoms with E-state index in [1.165, 1.54) is 0 Å². The second kappa shape index (κ2) is 6.11. The first-order chi connectivity index (χ1) is 9.11. The van der Waals surface area contributed by atoms with Crippen LogP contribution in [-0.2, 0) is 37.4 Å². The molecule has 3 rings (SSSR count). The molecule has 0 saturated carbocycles. The maximum absolute atomic E-state index is 9.82. The number of ether oxygens (including phenoxy) is 1. The first-order valence-electron chi connectivity index (χ1n) is 6.15. The number of nitrogens with zero attached hydrogens (tertiary/aromatic N) is 4. The Hall–Kier alpha value is -0.466. The first-order valence-corrected chi connectivity index (χ1v) is 6.15. The number of hydrogen-bond acceptors (Lipinski definition) is 6. The Morgan fingerprint density at radius 1 is 1.40 bits per heavy atom. The van der Waals surface area contributed by atoms with Crippen molar-refractivity contribution < 1.29 is 47.7 Å². The summed E-state index contributed by atoms with van der Waals surface area (Å²) in [6, 6.07) is 0. The van der Waals surface area contributed by atoms with Gasteiger partial charge in [-0.2, -0.15) is 0 Å². The van der Waals surface area contributed by atoms with E-state index >= 15 is 0 Å². The van der Waals surface area contributed by atoms with Gasteiger partial charge in [0.25, 0.3) is 0 Å². The van der Waals surface area contributed by atoms with Crippen LogP contribution in [0.3, 0.4) is 0 Å². The van der Waals surface area contributed by atoms with Gasteiger partial charge in [-0.1, -0.05) is 6.92 Å². The Morgan fingerprint density at radius 3 is 2.80 bits per heavy atom. The average molecular weight is 352 g/mol. The van der Waals surface area contributed by atoms with Crippen molar-refractivity contribution in [2.45, 2.75) is 38.7 Å². The zero-order chi connectivity index (χ0) is 13.6. The zero-order valence-electron chi connectivity index (χ0n) is 11.3. The summed E-state index contributed by atoms with van der Waals surface area (Å²) < 4.78 is 7.46. The molecule has 0 unspecified atom stereocenters. The summed E-state index contributed by atoms with van der Waals surface area (Å²) in [5, 5.41) is 19.0. The molecule has 0 amide bonds. The fourth-order valence-corrected chi connectivity index (χ4v) is 2.46. The average Bonchev–Trinajstić information content (AvgIpc) is 2.90. The van der Waals surface area contributed by atoms with Crippen molar-refractivity contribution in [3.05, 3.63) is 17.8 Å². The Labute approximate surface area is 141 Å². The van der Waals surface area contributed by atoms with Gasteiger partial charge >= 0.3 is 0 Å². The van der Waals surface area contributed by atoms with Crippen LogP contribution >= 0.6 is 0 Å². The summed E-state index contributed by atoms with van der Waals surface area (Å²) in [6.07, 6.45) is 1.37. The van der Waals surface area contributed by atoms with Crippen LogP contribution in [-0.4, -0.2) is 48.5 Å². The minimum absolute atomic E-state index is 0. The van der Waals surface area contributed by atoms with Gasteiger partial charge in [0.1, 0.15) is 12.3 Å². The summed E-state index contributed by atoms with van der Waals surface area (Å²) >= 11 is 0. The molecule has 2 N–H and O–H groups in total. The van der Waals surface area contributed by atoms with Gasteiger partial charge in [0.2, 0.25) is 0 Å². The molecule has 1 aliphatic rings. The molecule has 20 heavy (non-hydrogen) atoms. The molecule has 7 nitrogen and oxygen atoms in total. The van der Waals surface area contributed by atoms with E-state index in [0.29, 0.717) is 17.6 Å². The molecular weight excluding hydrogens is 337 g/mol. The number of aromatic nitrogens is 4. The van der Waals surface area contributed by atoms with Crippen LogP contribution in [0.2, 0.25) is 0 Å². The monoisotopic (exact) mass is 352 g/mol. The minimum Gasteiger partial charge on any atom is -0.394 e. The summed E-state index contributed by atoms with van der Waals surface area (Å²) in [6.45, 7) is 3.49. The van der Waals surface area contributed by atoms with Gasteiger partial charge in [0.05, 0.1) is 24.2 Å². The maximum Gasteiger partial charge on any atom is 0.129 e. The van der Waals surface area contributed by atoms with E-state index < -0.39 is 12.2 Å². The third kappa shape index (κ3) is 2.53. The standard InChI is InChI=1S/C12H15N4O3.Y/c1-6-11-12(14-5-13-6)16(7(2)15-11)10-3-8(18)9(4-17)19-10;/h8-10,17-18H,3-4H2,1-2H3;/q-1;/t8-,9-,10-;/m0./s1. The summed E-state index contributed by atoms with van der Waals surface area (Å²) in [5.74, 6) is 0.739. The Balaban J connectivity index is 0.00000147. The van der Waals surface area contributed by atoms with Crippen molar-refractivity contribution in [3.8, 4) is 0 Å². The minimum atomic E-state index is -0.682. The van der Waals surface area contributed by atoms with Gasteiger partial charge in [-0.15, -0.1) is 0 Å². The fraction of sp³-hybridized carbons (Fsp3) is 0.583. The third-order valence-electron chi connectivity index (χ3n) is 3.45. The second-order valence-corrected chi connectivity index (χ2v) is 4.73. The summed E-state index contributed by atoms with van der Waals surface area (Å²) in [7, 11) is 0. The van der Waals surface area contributed by atoms with Gasteiger partial charge < -0.3 is 29.5 Å². The van der Waals surface area contributed by atoms with Gasteiger partial charge in [0, 0.05) is 51.0 Å². The van der Waals surface area contributed by atoms with Gasteiger partial charge in [-0.25, -0.2) is 0 Å². The van der Waals surface area contributed by atoms with Crippen molar-refractivity contribution >= 4 is 11.2 Å². The molecule has 3 atom stereocenters. The molecule has 1 saturated heterocycles. The SMILES string of the molecule is Cc1n[c-]nc2c1nc(C)n2[C@@H]1C[C@H](O)[C@H](CO)O1.[Y]. The predicted octanol–water partition coefficient (Wildman–Crippen LogP) is -0.118. The molecule has 1 aliphatic heterocycles. The molecule has 8 heteroatoms. The van der Waals surface area contributed by atoms with Crippen LogP contribution < -0.4 is 0 Å². The van der Waals surface area contributed by atoms with E-state index in [1.807, 2.05) is 18.4 Å².